The third kappa shape index (κ3) is 3.02. The molecule has 0 fully saturated rings. The van der Waals surface area contributed by atoms with Gasteiger partial charge in [0.25, 0.3) is 0 Å². The summed E-state index contributed by atoms with van der Waals surface area (Å²) >= 11 is 2.26. The summed E-state index contributed by atoms with van der Waals surface area (Å²) in [6.07, 6.45) is -0.0667. The second-order valence-electron chi connectivity index (χ2n) is 3.92. The number of benzene rings is 1. The number of carbonyl (C=O) groups is 1. The molecule has 5 heteroatoms. The van der Waals surface area contributed by atoms with Crippen molar-refractivity contribution >= 4 is 28.7 Å². The van der Waals surface area contributed by atoms with Gasteiger partial charge in [0.1, 0.15) is 5.75 Å². The van der Waals surface area contributed by atoms with Gasteiger partial charge in [-0.15, -0.1) is 0 Å². The molecule has 1 aromatic rings. The van der Waals surface area contributed by atoms with Gasteiger partial charge in [0.2, 0.25) is 0 Å². The second kappa shape index (κ2) is 5.57. The van der Waals surface area contributed by atoms with Crippen LogP contribution in [0.4, 0.5) is 4.79 Å². The zero-order valence-electron chi connectivity index (χ0n) is 9.36. The van der Waals surface area contributed by atoms with Crippen molar-refractivity contribution in [1.82, 2.24) is 4.90 Å². The van der Waals surface area contributed by atoms with Gasteiger partial charge in [-0.05, 0) is 29.7 Å². The van der Waals surface area contributed by atoms with Crippen LogP contribution in [0.5, 0.6) is 5.75 Å². The summed E-state index contributed by atoms with van der Waals surface area (Å²) in [7, 11) is 0. The highest BCUT2D eigenvalue weighted by atomic mass is 127. The predicted molar refractivity (Wildman–Crippen MR) is 73.0 cm³/mol. The van der Waals surface area contributed by atoms with Crippen LogP contribution in [0.1, 0.15) is 11.1 Å². The first-order chi connectivity index (χ1) is 8.20. The molecule has 17 heavy (non-hydrogen) atoms. The normalized spacial score (nSPS) is 14.3. The molecule has 1 N–H and O–H groups in total. The van der Waals surface area contributed by atoms with Crippen molar-refractivity contribution in [3.05, 3.63) is 29.3 Å². The van der Waals surface area contributed by atoms with Crippen LogP contribution in [0.3, 0.4) is 0 Å². The predicted octanol–water partition coefficient (Wildman–Crippen LogP) is 2.54. The Morgan fingerprint density at radius 1 is 1.47 bits per heavy atom. The van der Waals surface area contributed by atoms with Crippen LogP contribution in [-0.2, 0) is 13.0 Å². The van der Waals surface area contributed by atoms with Gasteiger partial charge in [-0.3, -0.25) is 0 Å². The van der Waals surface area contributed by atoms with Crippen LogP contribution in [0, 0.1) is 0 Å². The van der Waals surface area contributed by atoms with Crippen molar-refractivity contribution < 1.29 is 14.6 Å². The molecule has 0 radical (unpaired) electrons. The smallest absolute Gasteiger partial charge is 0.407 e. The molecule has 4 nitrogen and oxygen atoms in total. The number of hydrogen-bond donors (Lipinski definition) is 1. The molecule has 1 heterocycles. The summed E-state index contributed by atoms with van der Waals surface area (Å²) in [6, 6.07) is 5.95. The van der Waals surface area contributed by atoms with Gasteiger partial charge in [-0.2, -0.15) is 0 Å². The highest BCUT2D eigenvalue weighted by Crippen LogP contribution is 2.24. The average molecular weight is 347 g/mol. The van der Waals surface area contributed by atoms with E-state index in [0.29, 0.717) is 19.7 Å². The SMILES string of the molecule is O=C(O)N1CCc2ccc(OCCI)cc2C1. The molecule has 0 saturated heterocycles. The third-order valence-electron chi connectivity index (χ3n) is 2.81. The molecular formula is C12H14INO3. The first-order valence-corrected chi connectivity index (χ1v) is 7.01. The van der Waals surface area contributed by atoms with Gasteiger partial charge < -0.3 is 14.7 Å². The topological polar surface area (TPSA) is 49.8 Å². The van der Waals surface area contributed by atoms with E-state index in [2.05, 4.69) is 22.6 Å². The van der Waals surface area contributed by atoms with Gasteiger partial charge in [0.15, 0.2) is 0 Å². The van der Waals surface area contributed by atoms with E-state index in [9.17, 15) is 4.79 Å². The first kappa shape index (κ1) is 12.5. The molecule has 1 aliphatic heterocycles. The van der Waals surface area contributed by atoms with Gasteiger partial charge in [0.05, 0.1) is 6.61 Å². The van der Waals surface area contributed by atoms with E-state index < -0.39 is 6.09 Å². The zero-order valence-corrected chi connectivity index (χ0v) is 11.5. The molecule has 1 aromatic carbocycles. The molecule has 0 bridgehead atoms. The minimum atomic E-state index is -0.853. The molecule has 0 atom stereocenters. The molecule has 0 aromatic heterocycles. The maximum Gasteiger partial charge on any atom is 0.407 e. The standard InChI is InChI=1S/C12H14INO3/c13-4-6-17-11-2-1-9-3-5-14(12(15)16)8-10(9)7-11/h1-2,7H,3-6,8H2,(H,15,16). The van der Waals surface area contributed by atoms with Crippen LogP contribution < -0.4 is 4.74 Å². The zero-order chi connectivity index (χ0) is 12.3. The van der Waals surface area contributed by atoms with Crippen LogP contribution in [0.25, 0.3) is 0 Å². The fourth-order valence-corrected chi connectivity index (χ4v) is 2.16. The minimum Gasteiger partial charge on any atom is -0.493 e. The second-order valence-corrected chi connectivity index (χ2v) is 5.00. The van der Waals surface area contributed by atoms with Gasteiger partial charge in [-0.1, -0.05) is 28.7 Å². The Balaban J connectivity index is 2.14. The molecule has 0 unspecified atom stereocenters. The molecule has 0 aliphatic carbocycles. The van der Waals surface area contributed by atoms with Crippen LogP contribution in [0.2, 0.25) is 0 Å². The van der Waals surface area contributed by atoms with E-state index >= 15 is 0 Å². The lowest BCUT2D eigenvalue weighted by Crippen LogP contribution is -2.34. The van der Waals surface area contributed by atoms with Crippen LogP contribution >= 0.6 is 22.6 Å². The lowest BCUT2D eigenvalue weighted by atomic mass is 10.00. The summed E-state index contributed by atoms with van der Waals surface area (Å²) in [5, 5.41) is 8.97. The van der Waals surface area contributed by atoms with Crippen molar-refractivity contribution in [2.75, 3.05) is 17.6 Å². The number of nitrogens with zero attached hydrogens (tertiary/aromatic N) is 1. The Hall–Kier alpha value is -0.980. The molecule has 0 spiro atoms. The molecular weight excluding hydrogens is 333 g/mol. The Morgan fingerprint density at radius 3 is 3.00 bits per heavy atom. The van der Waals surface area contributed by atoms with E-state index in [0.717, 1.165) is 22.2 Å². The third-order valence-corrected chi connectivity index (χ3v) is 3.25. The van der Waals surface area contributed by atoms with Crippen molar-refractivity contribution in [2.45, 2.75) is 13.0 Å². The number of alkyl halides is 1. The van der Waals surface area contributed by atoms with Crippen molar-refractivity contribution in [2.24, 2.45) is 0 Å². The lowest BCUT2D eigenvalue weighted by molar-refractivity contribution is 0.140. The number of ether oxygens (including phenoxy) is 1. The van der Waals surface area contributed by atoms with Crippen LogP contribution in [-0.4, -0.2) is 33.7 Å². The van der Waals surface area contributed by atoms with Gasteiger partial charge >= 0.3 is 6.09 Å². The number of fused-ring (bicyclic) bond motifs is 1. The summed E-state index contributed by atoms with van der Waals surface area (Å²) < 4.78 is 6.48. The van der Waals surface area contributed by atoms with Gasteiger partial charge in [-0.25, -0.2) is 4.79 Å². The number of halogens is 1. The first-order valence-electron chi connectivity index (χ1n) is 5.49. The van der Waals surface area contributed by atoms with Crippen molar-refractivity contribution in [1.29, 1.82) is 0 Å². The molecule has 2 rings (SSSR count). The maximum absolute atomic E-state index is 10.9. The highest BCUT2D eigenvalue weighted by molar-refractivity contribution is 14.1. The van der Waals surface area contributed by atoms with E-state index in [1.54, 1.807) is 0 Å². The number of hydrogen-bond acceptors (Lipinski definition) is 2. The molecule has 1 amide bonds. The van der Waals surface area contributed by atoms with Crippen molar-refractivity contribution in [3.8, 4) is 5.75 Å². The van der Waals surface area contributed by atoms with Crippen molar-refractivity contribution in [3.63, 3.8) is 0 Å². The molecule has 1 aliphatic rings. The Labute approximate surface area is 114 Å². The van der Waals surface area contributed by atoms with Gasteiger partial charge in [0, 0.05) is 17.5 Å². The number of rotatable bonds is 3. The van der Waals surface area contributed by atoms with E-state index in [-0.39, 0.29) is 0 Å². The van der Waals surface area contributed by atoms with E-state index in [1.807, 2.05) is 18.2 Å². The van der Waals surface area contributed by atoms with E-state index in [1.165, 1.54) is 10.5 Å². The molecule has 0 saturated carbocycles. The van der Waals surface area contributed by atoms with E-state index in [4.69, 9.17) is 9.84 Å². The Morgan fingerprint density at radius 2 is 2.29 bits per heavy atom. The molecule has 92 valence electrons. The van der Waals surface area contributed by atoms with Crippen LogP contribution in [0.15, 0.2) is 18.2 Å². The number of carboxylic acid groups (broad SMARTS) is 1. The Bertz CT molecular complexity index is 422. The fraction of sp³-hybridized carbons (Fsp3) is 0.417. The highest BCUT2D eigenvalue weighted by Gasteiger charge is 2.20. The fourth-order valence-electron chi connectivity index (χ4n) is 1.94. The summed E-state index contributed by atoms with van der Waals surface area (Å²) in [5.74, 6) is 0.827. The monoisotopic (exact) mass is 347 g/mol. The quantitative estimate of drug-likeness (QED) is 0.675. The minimum absolute atomic E-state index is 0.464. The number of amides is 1. The summed E-state index contributed by atoms with van der Waals surface area (Å²) in [6.45, 7) is 1.73. The largest absolute Gasteiger partial charge is 0.493 e. The summed E-state index contributed by atoms with van der Waals surface area (Å²) in [5.41, 5.74) is 2.29. The Kier molecular flexibility index (Phi) is 4.09. The summed E-state index contributed by atoms with van der Waals surface area (Å²) in [4.78, 5) is 12.3. The maximum atomic E-state index is 10.9. The average Bonchev–Trinajstić information content (AvgIpc) is 2.35. The lowest BCUT2D eigenvalue weighted by Gasteiger charge is -2.26.